The molecule has 0 aromatic heterocycles. The van der Waals surface area contributed by atoms with Gasteiger partial charge in [-0.3, -0.25) is 0 Å². The summed E-state index contributed by atoms with van der Waals surface area (Å²) in [6.45, 7) is 4.55. The largest absolute Gasteiger partial charge is 0.315 e. The van der Waals surface area contributed by atoms with E-state index in [0.29, 0.717) is 6.61 Å². The minimum atomic E-state index is -3.67. The molecule has 132 valence electrons. The van der Waals surface area contributed by atoms with Crippen LogP contribution in [0.15, 0.2) is 11.5 Å². The van der Waals surface area contributed by atoms with Crippen LogP contribution in [0, 0.1) is 0 Å². The molecule has 0 N–H and O–H groups in total. The van der Waals surface area contributed by atoms with E-state index in [4.69, 9.17) is 4.89 Å². The fourth-order valence-corrected chi connectivity index (χ4v) is 2.74. The summed E-state index contributed by atoms with van der Waals surface area (Å²) in [6, 6.07) is 0. The molecule has 0 aliphatic heterocycles. The van der Waals surface area contributed by atoms with Crippen LogP contribution in [-0.4, -0.2) is 15.0 Å². The highest BCUT2D eigenvalue weighted by atomic mass is 32.2. The Morgan fingerprint density at radius 1 is 0.773 bits per heavy atom. The second-order valence-electron chi connectivity index (χ2n) is 5.73. The van der Waals surface area contributed by atoms with Crippen LogP contribution in [0.4, 0.5) is 0 Å². The zero-order chi connectivity index (χ0) is 16.5. The molecule has 0 aliphatic carbocycles. The summed E-state index contributed by atoms with van der Waals surface area (Å²) in [5.74, 6) is 0. The number of unbranched alkanes of at least 4 members (excludes halogenated alkanes) is 10. The van der Waals surface area contributed by atoms with Gasteiger partial charge in [-0.25, -0.2) is 4.89 Å². The van der Waals surface area contributed by atoms with Gasteiger partial charge in [-0.15, -0.1) is 4.33 Å². The van der Waals surface area contributed by atoms with Crippen LogP contribution in [0.2, 0.25) is 0 Å². The van der Waals surface area contributed by atoms with E-state index in [0.717, 1.165) is 31.1 Å². The van der Waals surface area contributed by atoms with E-state index < -0.39 is 10.1 Å². The first kappa shape index (κ1) is 21.6. The molecule has 0 aromatic carbocycles. The Balaban J connectivity index is 3.33. The van der Waals surface area contributed by atoms with Crippen molar-refractivity contribution in [3.8, 4) is 0 Å². The van der Waals surface area contributed by atoms with Gasteiger partial charge >= 0.3 is 10.1 Å². The monoisotopic (exact) mass is 334 g/mol. The second kappa shape index (κ2) is 15.5. The van der Waals surface area contributed by atoms with E-state index in [1.807, 2.05) is 6.92 Å². The molecule has 0 aliphatic rings. The molecule has 4 nitrogen and oxygen atoms in total. The van der Waals surface area contributed by atoms with Gasteiger partial charge in [-0.1, -0.05) is 84.1 Å². The van der Waals surface area contributed by atoms with Crippen molar-refractivity contribution in [2.24, 2.45) is 0 Å². The number of hydrogen-bond donors (Lipinski definition) is 0. The molecular weight excluding hydrogens is 300 g/mol. The molecule has 0 rings (SSSR count). The van der Waals surface area contributed by atoms with E-state index in [9.17, 15) is 8.42 Å². The second-order valence-corrected chi connectivity index (χ2v) is 7.12. The Labute approximate surface area is 137 Å². The standard InChI is InChI=1S/C17H34O4S/c1-3-5-7-8-9-10-11-12-13-14-16-20-21-22(18,19)17-15-6-4-2/h15,17H,3-14,16H2,1-2H3. The lowest BCUT2D eigenvalue weighted by atomic mass is 10.1. The summed E-state index contributed by atoms with van der Waals surface area (Å²) < 4.78 is 27.2. The van der Waals surface area contributed by atoms with E-state index in [-0.39, 0.29) is 0 Å². The summed E-state index contributed by atoms with van der Waals surface area (Å²) in [4.78, 5) is 4.76. The fraction of sp³-hybridized carbons (Fsp3) is 0.882. The first-order chi connectivity index (χ1) is 10.6. The van der Waals surface area contributed by atoms with Crippen LogP contribution >= 0.6 is 0 Å². The molecular formula is C17H34O4S. The molecule has 0 unspecified atom stereocenters. The van der Waals surface area contributed by atoms with Crippen molar-refractivity contribution in [1.29, 1.82) is 0 Å². The highest BCUT2D eigenvalue weighted by Gasteiger charge is 2.06. The van der Waals surface area contributed by atoms with Crippen molar-refractivity contribution in [1.82, 2.24) is 0 Å². The number of hydrogen-bond acceptors (Lipinski definition) is 4. The summed E-state index contributed by atoms with van der Waals surface area (Å²) >= 11 is 0. The number of allylic oxidation sites excluding steroid dienone is 1. The quantitative estimate of drug-likeness (QED) is 0.212. The van der Waals surface area contributed by atoms with Crippen molar-refractivity contribution in [2.45, 2.75) is 90.9 Å². The van der Waals surface area contributed by atoms with Gasteiger partial charge in [0.25, 0.3) is 0 Å². The molecule has 0 saturated carbocycles. The normalized spacial score (nSPS) is 12.3. The lowest BCUT2D eigenvalue weighted by Crippen LogP contribution is -2.04. The average Bonchev–Trinajstić information content (AvgIpc) is 2.48. The summed E-state index contributed by atoms with van der Waals surface area (Å²) in [6.07, 6.45) is 15.6. The van der Waals surface area contributed by atoms with Gasteiger partial charge in [0.15, 0.2) is 0 Å². The summed E-state index contributed by atoms with van der Waals surface area (Å²) in [5, 5.41) is 1.06. The first-order valence-electron chi connectivity index (χ1n) is 8.85. The van der Waals surface area contributed by atoms with Crippen LogP contribution in [0.3, 0.4) is 0 Å². The van der Waals surface area contributed by atoms with Gasteiger partial charge in [0.1, 0.15) is 0 Å². The van der Waals surface area contributed by atoms with Crippen LogP contribution < -0.4 is 0 Å². The molecule has 0 saturated heterocycles. The third-order valence-corrected chi connectivity index (χ3v) is 4.25. The molecule has 0 bridgehead atoms. The van der Waals surface area contributed by atoms with Crippen LogP contribution in [0.1, 0.15) is 90.9 Å². The minimum absolute atomic E-state index is 0.331. The fourth-order valence-electron chi connectivity index (χ4n) is 2.12. The lowest BCUT2D eigenvalue weighted by molar-refractivity contribution is -0.200. The Morgan fingerprint density at radius 2 is 1.32 bits per heavy atom. The Hall–Kier alpha value is -0.390. The van der Waals surface area contributed by atoms with Crippen molar-refractivity contribution in [3.63, 3.8) is 0 Å². The summed E-state index contributed by atoms with van der Waals surface area (Å²) in [7, 11) is -3.67. The Bertz CT molecular complexity index is 350. The topological polar surface area (TPSA) is 52.6 Å². The van der Waals surface area contributed by atoms with Crippen molar-refractivity contribution >= 4 is 10.1 Å². The molecule has 0 atom stereocenters. The maximum atomic E-state index is 11.4. The summed E-state index contributed by atoms with van der Waals surface area (Å²) in [5.41, 5.74) is 0. The maximum Gasteiger partial charge on any atom is 0.315 e. The van der Waals surface area contributed by atoms with Crippen molar-refractivity contribution in [2.75, 3.05) is 6.61 Å². The van der Waals surface area contributed by atoms with Gasteiger partial charge in [-0.05, 0) is 12.8 Å². The van der Waals surface area contributed by atoms with Crippen LogP contribution in [-0.2, 0) is 19.3 Å². The highest BCUT2D eigenvalue weighted by molar-refractivity contribution is 7.89. The minimum Gasteiger partial charge on any atom is -0.220 e. The third kappa shape index (κ3) is 16.0. The van der Waals surface area contributed by atoms with E-state index in [1.54, 1.807) is 6.08 Å². The number of rotatable bonds is 16. The smallest absolute Gasteiger partial charge is 0.220 e. The molecule has 22 heavy (non-hydrogen) atoms. The molecule has 0 amide bonds. The van der Waals surface area contributed by atoms with Gasteiger partial charge in [-0.2, -0.15) is 8.42 Å². The molecule has 0 heterocycles. The molecule has 0 radical (unpaired) electrons. The predicted molar refractivity (Wildman–Crippen MR) is 91.8 cm³/mol. The van der Waals surface area contributed by atoms with Crippen molar-refractivity contribution < 1.29 is 17.6 Å². The SMILES string of the molecule is CCCC=CS(=O)(=O)OOCCCCCCCCCCCC. The van der Waals surface area contributed by atoms with E-state index >= 15 is 0 Å². The highest BCUT2D eigenvalue weighted by Crippen LogP contribution is 2.10. The van der Waals surface area contributed by atoms with Gasteiger partial charge in [0.2, 0.25) is 0 Å². The van der Waals surface area contributed by atoms with Gasteiger partial charge < -0.3 is 0 Å². The van der Waals surface area contributed by atoms with Crippen LogP contribution in [0.25, 0.3) is 0 Å². The lowest BCUT2D eigenvalue weighted by Gasteiger charge is -2.03. The predicted octanol–water partition coefficient (Wildman–Crippen LogP) is 5.50. The van der Waals surface area contributed by atoms with Crippen molar-refractivity contribution in [3.05, 3.63) is 11.5 Å². The third-order valence-electron chi connectivity index (χ3n) is 3.44. The van der Waals surface area contributed by atoms with Crippen LogP contribution in [0.5, 0.6) is 0 Å². The Kier molecular flexibility index (Phi) is 15.2. The first-order valence-corrected chi connectivity index (χ1v) is 10.3. The van der Waals surface area contributed by atoms with E-state index in [2.05, 4.69) is 11.3 Å². The molecule has 0 spiro atoms. The molecule has 0 aromatic rings. The zero-order valence-corrected chi connectivity index (χ0v) is 15.2. The average molecular weight is 335 g/mol. The molecule has 5 heteroatoms. The van der Waals surface area contributed by atoms with Gasteiger partial charge in [0.05, 0.1) is 12.0 Å². The van der Waals surface area contributed by atoms with E-state index in [1.165, 1.54) is 51.4 Å². The zero-order valence-electron chi connectivity index (χ0n) is 14.4. The van der Waals surface area contributed by atoms with Gasteiger partial charge in [0, 0.05) is 0 Å². The maximum absolute atomic E-state index is 11.4. The Morgan fingerprint density at radius 3 is 1.86 bits per heavy atom. The molecule has 0 fully saturated rings.